The number of phenols is 4. The number of fused-ring (bicyclic) bond motifs is 6. The van der Waals surface area contributed by atoms with Crippen LogP contribution in [0.5, 0.6) is 46.0 Å². The Kier molecular flexibility index (Phi) is 25.1. The lowest BCUT2D eigenvalue weighted by Gasteiger charge is -2.28. The van der Waals surface area contributed by atoms with E-state index in [-0.39, 0.29) is 92.7 Å². The van der Waals surface area contributed by atoms with Crippen molar-refractivity contribution in [2.75, 3.05) is 0 Å². The molecule has 0 unspecified atom stereocenters. The third-order valence-electron chi connectivity index (χ3n) is 27.4. The number of hydrogen-bond acceptors (Lipinski definition) is 16. The molecular weight excluding hydrogens is 1690 g/mol. The first-order valence-corrected chi connectivity index (χ1v) is 48.2. The van der Waals surface area contributed by atoms with E-state index in [9.17, 15) is 20.4 Å². The molecule has 28 bridgehead atoms. The van der Waals surface area contributed by atoms with Crippen molar-refractivity contribution < 1.29 is 39.4 Å². The molecule has 0 saturated carbocycles. The van der Waals surface area contributed by atoms with E-state index in [1.165, 1.54) is 0 Å². The first-order valence-electron chi connectivity index (χ1n) is 48.2. The molecule has 0 amide bonds. The predicted molar refractivity (Wildman–Crippen MR) is 537 cm³/mol. The van der Waals surface area contributed by atoms with Gasteiger partial charge in [-0.1, -0.05) is 333 Å². The van der Waals surface area contributed by atoms with E-state index in [1.807, 2.05) is 67.8 Å². The van der Waals surface area contributed by atoms with Crippen LogP contribution in [0.1, 0.15) is 345 Å². The fourth-order valence-corrected chi connectivity index (χ4v) is 19.0. The van der Waals surface area contributed by atoms with Crippen molar-refractivity contribution >= 4 is 0 Å². The summed E-state index contributed by atoms with van der Waals surface area (Å²) in [4.78, 5) is 0. The molecule has 0 spiro atoms. The van der Waals surface area contributed by atoms with E-state index in [1.54, 1.807) is 0 Å². The highest BCUT2D eigenvalue weighted by Gasteiger charge is 2.35. The van der Waals surface area contributed by atoms with E-state index in [2.05, 4.69) is 287 Å². The van der Waals surface area contributed by atoms with Gasteiger partial charge in [-0.05, 0) is 199 Å². The first kappa shape index (κ1) is 94.9. The summed E-state index contributed by atoms with van der Waals surface area (Å²) in [5.74, 6) is 3.39. The Hall–Kier alpha value is -12.8. The Balaban J connectivity index is 0.808. The Labute approximate surface area is 802 Å². The molecule has 20 nitrogen and oxygen atoms in total. The van der Waals surface area contributed by atoms with Gasteiger partial charge in [-0.2, -0.15) is 0 Å². The highest BCUT2D eigenvalue weighted by atomic mass is 16.5. The molecule has 4 aliphatic rings. The molecule has 4 N–H and O–H groups in total. The molecule has 136 heavy (non-hydrogen) atoms. The standard InChI is InChI=1S/C116H136N12O8/c1-109(2,3)89-41-73-33-81-49-93(113(13,14)15)51-83-35-75-43-90(110(4,5)6)44-76(102(75)130)36-84-52-94(114(16,17)18)50-82(34-74(42-89)101(73)129)106(84)134-66-98-62-126(122-118-98)58-70-30-26-28-32-72(70)60-128-64-100(120-124-128)68-136-108-86-38-78-46-91(111(7,8)9)45-77(103(78)131)37-85-53-95(115(19,20)21)55-87(39-79-47-92(112(10,11)12)48-80(104(79)132)40-88(108)56-96(54-86)116(22,23)24)107(85)135-67-99-63-127(123-119-99)59-71-31-27-25-29-69(71)57-125-61-97(117-121-125)65-133-105(81)83/h25-32,41-56,61-64,129-132H,33-40,57-60,65-68H2,1-24H3. The van der Waals surface area contributed by atoms with Crippen LogP contribution in [0.15, 0.2) is 170 Å². The lowest BCUT2D eigenvalue weighted by atomic mass is 9.79. The van der Waals surface area contributed by atoms with Gasteiger partial charge in [-0.25, -0.2) is 18.7 Å². The second kappa shape index (κ2) is 36.0. The molecule has 20 heteroatoms. The number of nitrogens with zero attached hydrogens (tertiary/aromatic N) is 12. The molecule has 4 aromatic heterocycles. The fraction of sp³-hybridized carbons (Fsp3) is 0.414. The summed E-state index contributed by atoms with van der Waals surface area (Å²) in [6, 6.07) is 51.8. The van der Waals surface area contributed by atoms with Gasteiger partial charge in [0.1, 0.15) is 95.2 Å². The SMILES string of the molecule is CC(C)(C)c1cc2c(O)c(c1)Cc1cc(C(C)(C)C)cc3c1OCc1cn(nn1)Cc1ccccc1Cn1cc(nn1)COc1c4cc(C(C)(C)C)cc1Cc1cc(C(C)(C)C)cc(c1O)Cc1cc(C(C)(C)C)cc(c1OCc1cn(nn1)Cc1ccccc1Cn1cc(nn1)COc1c(cc(C(C)(C)C)cc1Cc1cc(C(C)(C)C)cc(c1O)C3)C2)Cc1cc(C(C)(C)C)cc(c1O)C4. The summed E-state index contributed by atoms with van der Waals surface area (Å²) >= 11 is 0. The predicted octanol–water partition coefficient (Wildman–Crippen LogP) is 23.4. The Morgan fingerprint density at radius 2 is 0.346 bits per heavy atom. The van der Waals surface area contributed by atoms with Crippen LogP contribution in [0, 0.1) is 0 Å². The van der Waals surface area contributed by atoms with Crippen molar-refractivity contribution in [1.29, 1.82) is 0 Å². The van der Waals surface area contributed by atoms with E-state index in [0.717, 1.165) is 156 Å². The lowest BCUT2D eigenvalue weighted by molar-refractivity contribution is 0.294. The summed E-state index contributed by atoms with van der Waals surface area (Å²) < 4.78 is 36.7. The number of hydrogen-bond donors (Lipinski definition) is 4. The second-order valence-electron chi connectivity index (χ2n) is 46.8. The van der Waals surface area contributed by atoms with Crippen LogP contribution < -0.4 is 18.9 Å². The van der Waals surface area contributed by atoms with Crippen molar-refractivity contribution in [2.24, 2.45) is 0 Å². The summed E-state index contributed by atoms with van der Waals surface area (Å²) in [5.41, 5.74) is 25.6. The average molecular weight is 1830 g/mol. The quantitative estimate of drug-likeness (QED) is 0.110. The smallest absolute Gasteiger partial charge is 0.134 e. The van der Waals surface area contributed by atoms with Gasteiger partial charge >= 0.3 is 0 Å². The van der Waals surface area contributed by atoms with E-state index >= 15 is 0 Å². The molecular formula is C116H136N12O8. The Morgan fingerprint density at radius 3 is 0.485 bits per heavy atom. The van der Waals surface area contributed by atoms with Gasteiger partial charge in [0.05, 0.1) is 51.0 Å². The van der Waals surface area contributed by atoms with Crippen LogP contribution in [-0.4, -0.2) is 80.4 Å². The van der Waals surface area contributed by atoms with E-state index in [0.29, 0.717) is 123 Å². The molecule has 2 aliphatic carbocycles. The van der Waals surface area contributed by atoms with Crippen molar-refractivity contribution in [1.82, 2.24) is 60.0 Å². The normalized spacial score (nSPS) is 14.6. The maximum atomic E-state index is 13.3. The summed E-state index contributed by atoms with van der Waals surface area (Å²) in [6.45, 7) is 55.2. The molecule has 6 heterocycles. The van der Waals surface area contributed by atoms with Crippen molar-refractivity contribution in [3.05, 3.63) is 349 Å². The van der Waals surface area contributed by atoms with Crippen LogP contribution in [0.3, 0.4) is 0 Å². The highest BCUT2D eigenvalue weighted by Crippen LogP contribution is 2.49. The number of aromatic hydroxyl groups is 4. The molecule has 10 aromatic carbocycles. The zero-order valence-corrected chi connectivity index (χ0v) is 84.3. The topological polar surface area (TPSA) is 241 Å². The Morgan fingerprint density at radius 1 is 0.206 bits per heavy atom. The number of aromatic nitrogens is 12. The summed E-state index contributed by atoms with van der Waals surface area (Å²) in [5, 5.41) is 91.6. The van der Waals surface area contributed by atoms with Crippen LogP contribution >= 0.6 is 0 Å². The van der Waals surface area contributed by atoms with E-state index < -0.39 is 0 Å². The molecule has 0 saturated heterocycles. The molecule has 0 atom stereocenters. The van der Waals surface area contributed by atoms with Crippen molar-refractivity contribution in [3.8, 4) is 46.0 Å². The summed E-state index contributed by atoms with van der Waals surface area (Å²) in [7, 11) is 0. The highest BCUT2D eigenvalue weighted by molar-refractivity contribution is 5.63. The molecule has 0 radical (unpaired) electrons. The number of rotatable bonds is 0. The molecule has 0 fully saturated rings. The number of ether oxygens (including phenoxy) is 4. The van der Waals surface area contributed by atoms with Crippen LogP contribution in [0.25, 0.3) is 0 Å². The van der Waals surface area contributed by atoms with Gasteiger partial charge in [-0.15, -0.1) is 20.4 Å². The first-order chi connectivity index (χ1) is 63.9. The van der Waals surface area contributed by atoms with Crippen molar-refractivity contribution in [3.63, 3.8) is 0 Å². The van der Waals surface area contributed by atoms with E-state index in [4.69, 9.17) is 60.2 Å². The molecule has 708 valence electrons. The van der Waals surface area contributed by atoms with Gasteiger partial charge < -0.3 is 39.4 Å². The zero-order chi connectivity index (χ0) is 97.0. The number of benzene rings is 10. The van der Waals surface area contributed by atoms with Crippen LogP contribution in [-0.2, 0) is 147 Å². The van der Waals surface area contributed by atoms with Crippen LogP contribution in [0.4, 0.5) is 0 Å². The monoisotopic (exact) mass is 1830 g/mol. The lowest BCUT2D eigenvalue weighted by Crippen LogP contribution is -2.16. The molecule has 14 aromatic rings. The maximum Gasteiger partial charge on any atom is 0.134 e. The largest absolute Gasteiger partial charge is 0.507 e. The third kappa shape index (κ3) is 20.9. The minimum Gasteiger partial charge on any atom is -0.507 e. The second-order valence-corrected chi connectivity index (χ2v) is 46.8. The minimum atomic E-state index is -0.331. The van der Waals surface area contributed by atoms with Crippen LogP contribution in [0.2, 0.25) is 0 Å². The number of phenolic OH excluding ortho intramolecular Hbond substituents is 4. The molecule has 18 rings (SSSR count). The fourth-order valence-electron chi connectivity index (χ4n) is 19.0. The zero-order valence-electron chi connectivity index (χ0n) is 84.3. The van der Waals surface area contributed by atoms with Gasteiger partial charge in [-0.3, -0.25) is 0 Å². The van der Waals surface area contributed by atoms with Gasteiger partial charge in [0.2, 0.25) is 0 Å². The van der Waals surface area contributed by atoms with Gasteiger partial charge in [0.15, 0.2) is 0 Å². The average Bonchev–Trinajstić information content (AvgIpc) is 0.854. The minimum absolute atomic E-state index is 0.0676. The Bertz CT molecular complexity index is 5880. The summed E-state index contributed by atoms with van der Waals surface area (Å²) in [6.07, 6.45) is 10.3. The van der Waals surface area contributed by atoms with Gasteiger partial charge in [0, 0.05) is 51.4 Å². The van der Waals surface area contributed by atoms with Crippen molar-refractivity contribution in [2.45, 2.75) is 313 Å². The maximum absolute atomic E-state index is 13.3. The molecule has 2 aliphatic heterocycles. The third-order valence-corrected chi connectivity index (χ3v) is 27.4. The van der Waals surface area contributed by atoms with Gasteiger partial charge in [0.25, 0.3) is 0 Å².